The van der Waals surface area contributed by atoms with Gasteiger partial charge in [-0.1, -0.05) is 24.6 Å². The van der Waals surface area contributed by atoms with Gasteiger partial charge in [-0.05, 0) is 64.8 Å². The van der Waals surface area contributed by atoms with Gasteiger partial charge in [-0.15, -0.1) is 0 Å². The Bertz CT molecular complexity index is 518. The molecule has 0 aliphatic rings. The largest absolute Gasteiger partial charge is 0.452 e. The van der Waals surface area contributed by atoms with E-state index in [1.165, 1.54) is 0 Å². The molecule has 4 heteroatoms. The van der Waals surface area contributed by atoms with Gasteiger partial charge in [0.2, 0.25) is 0 Å². The van der Waals surface area contributed by atoms with E-state index in [2.05, 4.69) is 34.2 Å². The molecule has 2 aromatic rings. The Morgan fingerprint density at radius 3 is 2.67 bits per heavy atom. The van der Waals surface area contributed by atoms with Gasteiger partial charge in [0.1, 0.15) is 5.76 Å². The molecule has 1 unspecified atom stereocenters. The molecule has 0 bridgehead atoms. The van der Waals surface area contributed by atoms with Crippen molar-refractivity contribution in [2.24, 2.45) is 0 Å². The summed E-state index contributed by atoms with van der Waals surface area (Å²) in [6.07, 6.45) is 0. The maximum atomic E-state index is 6.12. The first-order valence-electron chi connectivity index (χ1n) is 5.86. The molecule has 0 amide bonds. The zero-order chi connectivity index (χ0) is 13.1. The highest BCUT2D eigenvalue weighted by Crippen LogP contribution is 2.28. The van der Waals surface area contributed by atoms with Crippen LogP contribution in [0, 0.1) is 6.92 Å². The van der Waals surface area contributed by atoms with Crippen LogP contribution in [0.25, 0.3) is 0 Å². The first-order valence-corrected chi connectivity index (χ1v) is 7.03. The molecule has 0 aliphatic heterocycles. The topological polar surface area (TPSA) is 25.2 Å². The average molecular weight is 329 g/mol. The maximum Gasteiger partial charge on any atom is 0.169 e. The molecule has 18 heavy (non-hydrogen) atoms. The molecule has 0 aliphatic carbocycles. The van der Waals surface area contributed by atoms with Crippen LogP contribution >= 0.6 is 27.5 Å². The molecule has 1 aromatic heterocycles. The smallest absolute Gasteiger partial charge is 0.169 e. The second-order valence-electron chi connectivity index (χ2n) is 4.19. The van der Waals surface area contributed by atoms with Gasteiger partial charge in [0.15, 0.2) is 4.67 Å². The molecule has 1 N–H and O–H groups in total. The summed E-state index contributed by atoms with van der Waals surface area (Å²) in [6.45, 7) is 4.97. The molecule has 96 valence electrons. The lowest BCUT2D eigenvalue weighted by Gasteiger charge is -2.17. The van der Waals surface area contributed by atoms with Gasteiger partial charge in [-0.2, -0.15) is 0 Å². The summed E-state index contributed by atoms with van der Waals surface area (Å²) in [5.74, 6) is 0.880. The van der Waals surface area contributed by atoms with Crippen molar-refractivity contribution in [2.45, 2.75) is 19.9 Å². The summed E-state index contributed by atoms with van der Waals surface area (Å²) in [4.78, 5) is 0. The quantitative estimate of drug-likeness (QED) is 0.880. The molecular weight excluding hydrogens is 314 g/mol. The van der Waals surface area contributed by atoms with Crippen molar-refractivity contribution in [1.29, 1.82) is 0 Å². The lowest BCUT2D eigenvalue weighted by Crippen LogP contribution is -2.21. The molecule has 2 rings (SSSR count). The summed E-state index contributed by atoms with van der Waals surface area (Å²) >= 11 is 9.45. The van der Waals surface area contributed by atoms with Crippen LogP contribution in [0.2, 0.25) is 5.02 Å². The predicted octanol–water partition coefficient (Wildman–Crippen LogP) is 4.70. The van der Waals surface area contributed by atoms with Crippen molar-refractivity contribution in [1.82, 2.24) is 5.32 Å². The number of benzene rings is 1. The minimum atomic E-state index is 0.0266. The second-order valence-corrected chi connectivity index (χ2v) is 5.41. The molecular formula is C14H15BrClNO. The van der Waals surface area contributed by atoms with Gasteiger partial charge >= 0.3 is 0 Å². The van der Waals surface area contributed by atoms with Crippen LogP contribution in [0.4, 0.5) is 0 Å². The Labute approximate surface area is 120 Å². The lowest BCUT2D eigenvalue weighted by atomic mass is 10.0. The summed E-state index contributed by atoms with van der Waals surface area (Å²) in [5, 5.41) is 4.16. The average Bonchev–Trinajstić information content (AvgIpc) is 2.71. The highest BCUT2D eigenvalue weighted by Gasteiger charge is 2.17. The van der Waals surface area contributed by atoms with Crippen LogP contribution in [0.5, 0.6) is 0 Å². The Hall–Kier alpha value is -0.770. The fourth-order valence-electron chi connectivity index (χ4n) is 2.00. The lowest BCUT2D eigenvalue weighted by molar-refractivity contribution is 0.437. The molecule has 0 fully saturated rings. The van der Waals surface area contributed by atoms with Crippen molar-refractivity contribution in [3.8, 4) is 0 Å². The number of aryl methyl sites for hydroxylation is 1. The van der Waals surface area contributed by atoms with E-state index in [0.29, 0.717) is 0 Å². The number of nitrogens with one attached hydrogen (secondary N) is 1. The van der Waals surface area contributed by atoms with Gasteiger partial charge in [0.05, 0.1) is 6.04 Å². The Morgan fingerprint density at radius 1 is 1.33 bits per heavy atom. The van der Waals surface area contributed by atoms with Crippen molar-refractivity contribution in [3.05, 3.63) is 56.9 Å². The number of hydrogen-bond donors (Lipinski definition) is 1. The first-order chi connectivity index (χ1) is 8.60. The van der Waals surface area contributed by atoms with Crippen molar-refractivity contribution in [3.63, 3.8) is 0 Å². The molecule has 2 nitrogen and oxygen atoms in total. The summed E-state index contributed by atoms with van der Waals surface area (Å²) in [5.41, 5.74) is 2.26. The normalized spacial score (nSPS) is 12.7. The van der Waals surface area contributed by atoms with Crippen molar-refractivity contribution in [2.75, 3.05) is 6.54 Å². The van der Waals surface area contributed by atoms with Gasteiger partial charge in [-0.25, -0.2) is 0 Å². The Morgan fingerprint density at radius 2 is 2.11 bits per heavy atom. The van der Waals surface area contributed by atoms with Gasteiger partial charge in [-0.3, -0.25) is 0 Å². The number of rotatable bonds is 4. The molecule has 1 aromatic carbocycles. The molecule has 0 radical (unpaired) electrons. The predicted molar refractivity (Wildman–Crippen MR) is 78.1 cm³/mol. The standard InChI is InChI=1S/C14H15BrClNO/c1-3-17-14(12-4-5-13(15)18-12)10-6-9(2)7-11(16)8-10/h4-8,14,17H,3H2,1-2H3. The maximum absolute atomic E-state index is 6.12. The number of hydrogen-bond acceptors (Lipinski definition) is 2. The van der Waals surface area contributed by atoms with Crippen LogP contribution in [0.1, 0.15) is 29.9 Å². The first kappa shape index (κ1) is 13.7. The molecule has 1 heterocycles. The van der Waals surface area contributed by atoms with Gasteiger partial charge in [0.25, 0.3) is 0 Å². The highest BCUT2D eigenvalue weighted by atomic mass is 79.9. The fourth-order valence-corrected chi connectivity index (χ4v) is 2.62. The van der Waals surface area contributed by atoms with E-state index in [4.69, 9.17) is 16.0 Å². The van der Waals surface area contributed by atoms with E-state index in [-0.39, 0.29) is 6.04 Å². The summed E-state index contributed by atoms with van der Waals surface area (Å²) in [7, 11) is 0. The summed E-state index contributed by atoms with van der Waals surface area (Å²) < 4.78 is 6.38. The summed E-state index contributed by atoms with van der Waals surface area (Å²) in [6, 6.07) is 9.93. The number of furan rings is 1. The van der Waals surface area contributed by atoms with Crippen LogP contribution in [0.3, 0.4) is 0 Å². The minimum absolute atomic E-state index is 0.0266. The van der Waals surface area contributed by atoms with Gasteiger partial charge < -0.3 is 9.73 Å². The zero-order valence-corrected chi connectivity index (χ0v) is 12.7. The Balaban J connectivity index is 2.40. The molecule has 0 saturated carbocycles. The molecule has 0 saturated heterocycles. The Kier molecular flexibility index (Phi) is 4.49. The molecule has 0 spiro atoms. The van der Waals surface area contributed by atoms with Crippen molar-refractivity contribution >= 4 is 27.5 Å². The number of halogens is 2. The van der Waals surface area contributed by atoms with Gasteiger partial charge in [0, 0.05) is 5.02 Å². The van der Waals surface area contributed by atoms with E-state index >= 15 is 0 Å². The van der Waals surface area contributed by atoms with Crippen LogP contribution in [0.15, 0.2) is 39.4 Å². The second kappa shape index (κ2) is 5.91. The van der Waals surface area contributed by atoms with E-state index in [1.807, 2.05) is 31.2 Å². The van der Waals surface area contributed by atoms with Crippen LogP contribution < -0.4 is 5.32 Å². The van der Waals surface area contributed by atoms with Crippen LogP contribution in [-0.4, -0.2) is 6.54 Å². The zero-order valence-electron chi connectivity index (χ0n) is 10.3. The third kappa shape index (κ3) is 3.16. The van der Waals surface area contributed by atoms with Crippen LogP contribution in [-0.2, 0) is 0 Å². The minimum Gasteiger partial charge on any atom is -0.452 e. The monoisotopic (exact) mass is 327 g/mol. The fraction of sp³-hybridized carbons (Fsp3) is 0.286. The molecule has 1 atom stereocenters. The van der Waals surface area contributed by atoms with E-state index in [1.54, 1.807) is 0 Å². The van der Waals surface area contributed by atoms with E-state index in [0.717, 1.165) is 33.1 Å². The van der Waals surface area contributed by atoms with E-state index < -0.39 is 0 Å². The van der Waals surface area contributed by atoms with Crippen molar-refractivity contribution < 1.29 is 4.42 Å². The highest BCUT2D eigenvalue weighted by molar-refractivity contribution is 9.10. The third-order valence-electron chi connectivity index (χ3n) is 2.68. The third-order valence-corrected chi connectivity index (χ3v) is 3.33. The van der Waals surface area contributed by atoms with E-state index in [9.17, 15) is 0 Å². The SMILES string of the molecule is CCNC(c1cc(C)cc(Cl)c1)c1ccc(Br)o1.